The Morgan fingerprint density at radius 2 is 1.16 bits per heavy atom. The van der Waals surface area contributed by atoms with E-state index in [1.165, 1.54) is 21.9 Å². The highest BCUT2D eigenvalue weighted by atomic mass is 14.7. The predicted octanol–water partition coefficient (Wildman–Crippen LogP) is 4.34. The SMILES string of the molecule is CNC.c1ccc(-c2ccc3ccccc3c2)cc1. The second-order valence-electron chi connectivity index (χ2n) is 4.43. The van der Waals surface area contributed by atoms with Crippen molar-refractivity contribution in [3.05, 3.63) is 72.8 Å². The lowest BCUT2D eigenvalue weighted by Crippen LogP contribution is -1.89. The molecule has 3 aromatic carbocycles. The second kappa shape index (κ2) is 6.72. The van der Waals surface area contributed by atoms with Crippen LogP contribution in [0.1, 0.15) is 0 Å². The minimum Gasteiger partial charge on any atom is -0.323 e. The molecule has 0 aliphatic rings. The van der Waals surface area contributed by atoms with E-state index in [0.29, 0.717) is 0 Å². The molecule has 0 atom stereocenters. The third-order valence-electron chi connectivity index (χ3n) is 2.86. The summed E-state index contributed by atoms with van der Waals surface area (Å²) in [6.07, 6.45) is 0. The summed E-state index contributed by atoms with van der Waals surface area (Å²) in [6.45, 7) is 0. The third kappa shape index (κ3) is 3.43. The maximum absolute atomic E-state index is 2.75. The quantitative estimate of drug-likeness (QED) is 0.676. The highest BCUT2D eigenvalue weighted by Gasteiger charge is 1.97. The zero-order valence-corrected chi connectivity index (χ0v) is 11.4. The van der Waals surface area contributed by atoms with E-state index in [2.05, 4.69) is 72.0 Å². The molecule has 0 unspecified atom stereocenters. The zero-order chi connectivity index (χ0) is 13.5. The van der Waals surface area contributed by atoms with Crippen molar-refractivity contribution in [2.75, 3.05) is 14.1 Å². The van der Waals surface area contributed by atoms with Gasteiger partial charge in [-0.15, -0.1) is 0 Å². The first kappa shape index (κ1) is 13.3. The molecule has 0 spiro atoms. The molecule has 3 rings (SSSR count). The molecule has 0 aliphatic heterocycles. The number of nitrogens with one attached hydrogen (secondary N) is 1. The molecule has 0 radical (unpaired) electrons. The van der Waals surface area contributed by atoms with Gasteiger partial charge in [-0.2, -0.15) is 0 Å². The molecule has 0 saturated heterocycles. The Labute approximate surface area is 114 Å². The summed E-state index contributed by atoms with van der Waals surface area (Å²) < 4.78 is 0. The summed E-state index contributed by atoms with van der Waals surface area (Å²) in [4.78, 5) is 0. The smallest absolute Gasteiger partial charge is 0.0167 e. The summed E-state index contributed by atoms with van der Waals surface area (Å²) >= 11 is 0. The van der Waals surface area contributed by atoms with Crippen molar-refractivity contribution < 1.29 is 0 Å². The molecule has 1 N–H and O–H groups in total. The van der Waals surface area contributed by atoms with E-state index in [4.69, 9.17) is 0 Å². The van der Waals surface area contributed by atoms with E-state index in [0.717, 1.165) is 0 Å². The molecule has 0 fully saturated rings. The van der Waals surface area contributed by atoms with Gasteiger partial charge >= 0.3 is 0 Å². The van der Waals surface area contributed by atoms with Crippen LogP contribution in [0.4, 0.5) is 0 Å². The highest BCUT2D eigenvalue weighted by Crippen LogP contribution is 2.23. The average Bonchev–Trinajstić information content (AvgIpc) is 2.48. The van der Waals surface area contributed by atoms with Crippen molar-refractivity contribution in [1.82, 2.24) is 5.32 Å². The maximum atomic E-state index is 2.75. The van der Waals surface area contributed by atoms with Gasteiger partial charge in [0.2, 0.25) is 0 Å². The topological polar surface area (TPSA) is 12.0 Å². The standard InChI is InChI=1S/C16H12.C2H7N/c1-2-6-13(7-3-1)16-11-10-14-8-4-5-9-15(14)12-16;1-3-2/h1-12H;3H,1-2H3. The van der Waals surface area contributed by atoms with Crippen LogP contribution in [0.5, 0.6) is 0 Å². The van der Waals surface area contributed by atoms with Gasteiger partial charge in [0.15, 0.2) is 0 Å². The Bertz CT molecular complexity index is 629. The number of fused-ring (bicyclic) bond motifs is 1. The van der Waals surface area contributed by atoms with Crippen LogP contribution in [0.15, 0.2) is 72.8 Å². The molecular formula is C18H19N. The Balaban J connectivity index is 0.000000408. The second-order valence-corrected chi connectivity index (χ2v) is 4.43. The Morgan fingerprint density at radius 1 is 0.579 bits per heavy atom. The van der Waals surface area contributed by atoms with E-state index in [9.17, 15) is 0 Å². The van der Waals surface area contributed by atoms with E-state index >= 15 is 0 Å². The summed E-state index contributed by atoms with van der Waals surface area (Å²) in [5.41, 5.74) is 2.55. The Kier molecular flexibility index (Phi) is 4.71. The molecule has 0 aliphatic carbocycles. The summed E-state index contributed by atoms with van der Waals surface area (Å²) in [5.74, 6) is 0. The minimum absolute atomic E-state index is 1.27. The van der Waals surface area contributed by atoms with Gasteiger partial charge in [-0.05, 0) is 42.1 Å². The van der Waals surface area contributed by atoms with Crippen LogP contribution in [-0.2, 0) is 0 Å². The normalized spacial score (nSPS) is 9.79. The number of hydrogen-bond donors (Lipinski definition) is 1. The molecule has 19 heavy (non-hydrogen) atoms. The van der Waals surface area contributed by atoms with E-state index in [-0.39, 0.29) is 0 Å². The first-order chi connectivity index (χ1) is 9.35. The van der Waals surface area contributed by atoms with E-state index in [1.54, 1.807) is 0 Å². The van der Waals surface area contributed by atoms with Crippen LogP contribution >= 0.6 is 0 Å². The monoisotopic (exact) mass is 249 g/mol. The van der Waals surface area contributed by atoms with Crippen molar-refractivity contribution in [2.24, 2.45) is 0 Å². The minimum atomic E-state index is 1.27. The first-order valence-electron chi connectivity index (χ1n) is 6.48. The van der Waals surface area contributed by atoms with Gasteiger partial charge < -0.3 is 5.32 Å². The molecule has 1 heteroatoms. The summed E-state index contributed by atoms with van der Waals surface area (Å²) in [5, 5.41) is 5.34. The van der Waals surface area contributed by atoms with Crippen LogP contribution in [-0.4, -0.2) is 14.1 Å². The van der Waals surface area contributed by atoms with Crippen molar-refractivity contribution in [2.45, 2.75) is 0 Å². The number of rotatable bonds is 1. The van der Waals surface area contributed by atoms with E-state index < -0.39 is 0 Å². The van der Waals surface area contributed by atoms with Crippen molar-refractivity contribution in [3.63, 3.8) is 0 Å². The zero-order valence-electron chi connectivity index (χ0n) is 11.4. The van der Waals surface area contributed by atoms with Gasteiger partial charge in [-0.3, -0.25) is 0 Å². The van der Waals surface area contributed by atoms with Gasteiger partial charge in [-0.25, -0.2) is 0 Å². The molecule has 0 aromatic heterocycles. The molecular weight excluding hydrogens is 230 g/mol. The molecule has 0 bridgehead atoms. The molecule has 0 heterocycles. The number of benzene rings is 3. The van der Waals surface area contributed by atoms with Crippen molar-refractivity contribution >= 4 is 10.8 Å². The van der Waals surface area contributed by atoms with Crippen molar-refractivity contribution in [1.29, 1.82) is 0 Å². The van der Waals surface area contributed by atoms with Gasteiger partial charge in [0.1, 0.15) is 0 Å². The maximum Gasteiger partial charge on any atom is -0.0167 e. The van der Waals surface area contributed by atoms with Crippen LogP contribution in [0.25, 0.3) is 21.9 Å². The molecule has 96 valence electrons. The van der Waals surface area contributed by atoms with Crippen LogP contribution in [0.2, 0.25) is 0 Å². The summed E-state index contributed by atoms with van der Waals surface area (Å²) in [7, 11) is 3.75. The van der Waals surface area contributed by atoms with Crippen molar-refractivity contribution in [3.8, 4) is 11.1 Å². The fourth-order valence-corrected chi connectivity index (χ4v) is 2.00. The third-order valence-corrected chi connectivity index (χ3v) is 2.86. The molecule has 0 amide bonds. The van der Waals surface area contributed by atoms with Gasteiger partial charge in [0.05, 0.1) is 0 Å². The molecule has 0 saturated carbocycles. The molecule has 3 aromatic rings. The van der Waals surface area contributed by atoms with E-state index in [1.807, 2.05) is 20.2 Å². The fourth-order valence-electron chi connectivity index (χ4n) is 2.00. The Hall–Kier alpha value is -2.12. The average molecular weight is 249 g/mol. The first-order valence-corrected chi connectivity index (χ1v) is 6.48. The van der Waals surface area contributed by atoms with Crippen LogP contribution < -0.4 is 5.32 Å². The van der Waals surface area contributed by atoms with Gasteiger partial charge in [-0.1, -0.05) is 66.7 Å². The van der Waals surface area contributed by atoms with Gasteiger partial charge in [0, 0.05) is 0 Å². The lowest BCUT2D eigenvalue weighted by Gasteiger charge is -2.03. The highest BCUT2D eigenvalue weighted by molar-refractivity contribution is 5.87. The Morgan fingerprint density at radius 3 is 1.84 bits per heavy atom. The predicted molar refractivity (Wildman–Crippen MR) is 84.4 cm³/mol. The van der Waals surface area contributed by atoms with Crippen LogP contribution in [0.3, 0.4) is 0 Å². The fraction of sp³-hybridized carbons (Fsp3) is 0.111. The molecule has 1 nitrogen and oxygen atoms in total. The lowest BCUT2D eigenvalue weighted by atomic mass is 10.0. The summed E-state index contributed by atoms with van der Waals surface area (Å²) in [6, 6.07) is 25.5. The lowest BCUT2D eigenvalue weighted by molar-refractivity contribution is 1.02. The number of hydrogen-bond acceptors (Lipinski definition) is 1. The van der Waals surface area contributed by atoms with Gasteiger partial charge in [0.25, 0.3) is 0 Å². The van der Waals surface area contributed by atoms with Crippen LogP contribution in [0, 0.1) is 0 Å². The largest absolute Gasteiger partial charge is 0.323 e.